The highest BCUT2D eigenvalue weighted by atomic mass is 16.5. The van der Waals surface area contributed by atoms with Crippen LogP contribution in [-0.2, 0) is 14.3 Å². The minimum atomic E-state index is -0.297. The van der Waals surface area contributed by atoms with Crippen molar-refractivity contribution < 1.29 is 14.3 Å². The van der Waals surface area contributed by atoms with Crippen molar-refractivity contribution in [3.63, 3.8) is 0 Å². The smallest absolute Gasteiger partial charge is 0.245 e. The van der Waals surface area contributed by atoms with Gasteiger partial charge in [0.05, 0.1) is 6.10 Å². The van der Waals surface area contributed by atoms with E-state index >= 15 is 0 Å². The largest absolute Gasteiger partial charge is 0.380 e. The van der Waals surface area contributed by atoms with Crippen LogP contribution in [-0.4, -0.2) is 49.1 Å². The summed E-state index contributed by atoms with van der Waals surface area (Å²) in [7, 11) is 1.63. The maximum atomic E-state index is 12.3. The summed E-state index contributed by atoms with van der Waals surface area (Å²) in [6.45, 7) is 2.99. The predicted molar refractivity (Wildman–Crippen MR) is 62.3 cm³/mol. The molecule has 1 aliphatic carbocycles. The number of carbonyl (C=O) groups is 2. The van der Waals surface area contributed by atoms with Gasteiger partial charge in [-0.15, -0.1) is 0 Å². The summed E-state index contributed by atoms with van der Waals surface area (Å²) in [5, 5.41) is 2.84. The van der Waals surface area contributed by atoms with Gasteiger partial charge in [-0.25, -0.2) is 0 Å². The van der Waals surface area contributed by atoms with Crippen LogP contribution >= 0.6 is 0 Å². The second-order valence-corrected chi connectivity index (χ2v) is 4.96. The van der Waals surface area contributed by atoms with Gasteiger partial charge in [-0.3, -0.25) is 9.59 Å². The Kier molecular flexibility index (Phi) is 3.66. The number of nitrogens with one attached hydrogen (secondary N) is 1. The molecule has 2 amide bonds. The highest BCUT2D eigenvalue weighted by molar-refractivity contribution is 5.90. The van der Waals surface area contributed by atoms with E-state index < -0.39 is 0 Å². The van der Waals surface area contributed by atoms with Gasteiger partial charge in [-0.2, -0.15) is 0 Å². The van der Waals surface area contributed by atoms with Crippen LogP contribution in [0.1, 0.15) is 26.2 Å². The van der Waals surface area contributed by atoms with Gasteiger partial charge in [0.15, 0.2) is 0 Å². The van der Waals surface area contributed by atoms with Crippen LogP contribution in [0.3, 0.4) is 0 Å². The Hall–Kier alpha value is -1.10. The van der Waals surface area contributed by atoms with Gasteiger partial charge in [0.25, 0.3) is 0 Å². The molecular formula is C12H20N2O3. The van der Waals surface area contributed by atoms with Gasteiger partial charge in [0.2, 0.25) is 11.8 Å². The van der Waals surface area contributed by atoms with E-state index in [1.165, 1.54) is 0 Å². The normalized spacial score (nSPS) is 27.6. The lowest BCUT2D eigenvalue weighted by Crippen LogP contribution is -2.47. The lowest BCUT2D eigenvalue weighted by atomic mass is 10.1. The summed E-state index contributed by atoms with van der Waals surface area (Å²) in [4.78, 5) is 25.6. The molecule has 0 aromatic rings. The molecule has 1 heterocycles. The lowest BCUT2D eigenvalue weighted by molar-refractivity contribution is -0.135. The number of hydrogen-bond donors (Lipinski definition) is 1. The van der Waals surface area contributed by atoms with Gasteiger partial charge in [-0.05, 0) is 25.7 Å². The zero-order valence-electron chi connectivity index (χ0n) is 10.4. The van der Waals surface area contributed by atoms with Gasteiger partial charge in [0.1, 0.15) is 6.04 Å². The summed E-state index contributed by atoms with van der Waals surface area (Å²) >= 11 is 0. The van der Waals surface area contributed by atoms with Gasteiger partial charge in [-0.1, -0.05) is 0 Å². The molecule has 2 aliphatic rings. The number of amides is 2. The molecule has 5 heteroatoms. The summed E-state index contributed by atoms with van der Waals surface area (Å²) < 4.78 is 5.18. The van der Waals surface area contributed by atoms with Gasteiger partial charge < -0.3 is 15.0 Å². The van der Waals surface area contributed by atoms with Crippen LogP contribution in [0, 0.1) is 5.92 Å². The highest BCUT2D eigenvalue weighted by Crippen LogP contribution is 2.34. The van der Waals surface area contributed by atoms with Crippen molar-refractivity contribution in [2.75, 3.05) is 20.2 Å². The number of hydrogen-bond acceptors (Lipinski definition) is 3. The first-order valence-electron chi connectivity index (χ1n) is 6.22. The van der Waals surface area contributed by atoms with Crippen molar-refractivity contribution in [2.24, 2.45) is 5.92 Å². The Balaban J connectivity index is 2.04. The Morgan fingerprint density at radius 3 is 2.76 bits per heavy atom. The Morgan fingerprint density at radius 2 is 2.18 bits per heavy atom. The van der Waals surface area contributed by atoms with Crippen molar-refractivity contribution in [1.29, 1.82) is 0 Å². The van der Waals surface area contributed by atoms with Crippen LogP contribution in [0.4, 0.5) is 0 Å². The summed E-state index contributed by atoms with van der Waals surface area (Å²) in [5.41, 5.74) is 0. The second kappa shape index (κ2) is 5.04. The van der Waals surface area contributed by atoms with Crippen LogP contribution in [0.15, 0.2) is 0 Å². The highest BCUT2D eigenvalue weighted by Gasteiger charge is 2.41. The van der Waals surface area contributed by atoms with Crippen molar-refractivity contribution in [3.8, 4) is 0 Å². The molecule has 0 spiro atoms. The molecule has 2 fully saturated rings. The minimum absolute atomic E-state index is 0.00649. The third kappa shape index (κ3) is 2.97. The van der Waals surface area contributed by atoms with Crippen molar-refractivity contribution in [1.82, 2.24) is 10.2 Å². The van der Waals surface area contributed by atoms with E-state index in [1.807, 2.05) is 6.92 Å². The maximum Gasteiger partial charge on any atom is 0.245 e. The molecule has 2 unspecified atom stereocenters. The zero-order valence-corrected chi connectivity index (χ0v) is 10.4. The third-order valence-corrected chi connectivity index (χ3v) is 3.48. The number of carbonyl (C=O) groups excluding carboxylic acids is 2. The van der Waals surface area contributed by atoms with Crippen molar-refractivity contribution in [2.45, 2.75) is 38.3 Å². The first kappa shape index (κ1) is 12.4. The van der Waals surface area contributed by atoms with Gasteiger partial charge >= 0.3 is 0 Å². The van der Waals surface area contributed by atoms with Crippen molar-refractivity contribution >= 4 is 11.8 Å². The van der Waals surface area contributed by atoms with Crippen LogP contribution in [0.25, 0.3) is 0 Å². The molecule has 0 aromatic carbocycles. The predicted octanol–water partition coefficient (Wildman–Crippen LogP) is 0.148. The van der Waals surface area contributed by atoms with E-state index in [9.17, 15) is 9.59 Å². The molecule has 96 valence electrons. The Labute approximate surface area is 101 Å². The molecule has 0 bridgehead atoms. The minimum Gasteiger partial charge on any atom is -0.380 e. The quantitative estimate of drug-likeness (QED) is 0.761. The number of nitrogens with zero attached hydrogens (tertiary/aromatic N) is 1. The first-order chi connectivity index (χ1) is 8.11. The van der Waals surface area contributed by atoms with E-state index in [2.05, 4.69) is 5.32 Å². The average molecular weight is 240 g/mol. The molecule has 1 saturated carbocycles. The molecule has 0 radical (unpaired) electrons. The lowest BCUT2D eigenvalue weighted by Gasteiger charge is -2.26. The Morgan fingerprint density at radius 1 is 1.47 bits per heavy atom. The molecule has 1 aliphatic heterocycles. The van der Waals surface area contributed by atoms with E-state index in [0.717, 1.165) is 12.8 Å². The monoisotopic (exact) mass is 240 g/mol. The molecule has 0 aromatic heterocycles. The summed E-state index contributed by atoms with van der Waals surface area (Å²) in [6.07, 6.45) is 2.49. The average Bonchev–Trinajstić information content (AvgIpc) is 3.13. The van der Waals surface area contributed by atoms with Crippen LogP contribution in [0.5, 0.6) is 0 Å². The Bertz CT molecular complexity index is 315. The van der Waals surface area contributed by atoms with E-state index in [1.54, 1.807) is 12.0 Å². The third-order valence-electron chi connectivity index (χ3n) is 3.48. The van der Waals surface area contributed by atoms with E-state index in [0.29, 0.717) is 25.4 Å². The number of ether oxygens (including phenoxy) is 1. The van der Waals surface area contributed by atoms with Gasteiger partial charge in [0, 0.05) is 26.6 Å². The van der Waals surface area contributed by atoms with Crippen LogP contribution in [0.2, 0.25) is 0 Å². The first-order valence-corrected chi connectivity index (χ1v) is 6.22. The number of rotatable bonds is 4. The van der Waals surface area contributed by atoms with Crippen molar-refractivity contribution in [3.05, 3.63) is 0 Å². The fourth-order valence-corrected chi connectivity index (χ4v) is 2.17. The molecule has 1 saturated heterocycles. The molecular weight excluding hydrogens is 220 g/mol. The molecule has 2 rings (SSSR count). The molecule has 5 nitrogen and oxygen atoms in total. The zero-order chi connectivity index (χ0) is 12.4. The molecule has 17 heavy (non-hydrogen) atoms. The maximum absolute atomic E-state index is 12.3. The molecule has 2 atom stereocenters. The summed E-state index contributed by atoms with van der Waals surface area (Å²) in [5.74, 6) is 0.398. The topological polar surface area (TPSA) is 58.6 Å². The van der Waals surface area contributed by atoms with Crippen LogP contribution < -0.4 is 5.32 Å². The summed E-state index contributed by atoms with van der Waals surface area (Å²) in [6, 6.07) is -0.297. The van der Waals surface area contributed by atoms with E-state index in [4.69, 9.17) is 4.74 Å². The SMILES string of the molecule is COC(C)CN1CCC(=O)NC(C2CC2)C1=O. The van der Waals surface area contributed by atoms with E-state index in [-0.39, 0.29) is 24.0 Å². The fourth-order valence-electron chi connectivity index (χ4n) is 2.17. The molecule has 1 N–H and O–H groups in total. The second-order valence-electron chi connectivity index (χ2n) is 4.96. The standard InChI is InChI=1S/C12H20N2O3/c1-8(17-2)7-14-6-5-10(15)13-11(12(14)16)9-3-4-9/h8-9,11H,3-7H2,1-2H3,(H,13,15). The number of methoxy groups -OCH3 is 1. The fraction of sp³-hybridized carbons (Fsp3) is 0.833.